The maximum absolute atomic E-state index is 5.76. The van der Waals surface area contributed by atoms with E-state index in [4.69, 9.17) is 38.4 Å². The minimum Gasteiger partial charge on any atom is -0.493 e. The van der Waals surface area contributed by atoms with Gasteiger partial charge in [0, 0.05) is 22.4 Å². The van der Waals surface area contributed by atoms with Crippen LogP contribution in [0.3, 0.4) is 0 Å². The number of nitrogens with one attached hydrogen (secondary N) is 1. The van der Waals surface area contributed by atoms with Gasteiger partial charge in [0.25, 0.3) is 0 Å². The lowest BCUT2D eigenvalue weighted by Crippen LogP contribution is -2.11. The van der Waals surface area contributed by atoms with E-state index < -0.39 is 0 Å². The minimum atomic E-state index is 0.0153. The molecule has 0 saturated heterocycles. The molecule has 1 N–H and O–H groups in total. The van der Waals surface area contributed by atoms with Crippen LogP contribution in [-0.4, -0.2) is 59.2 Å². The molecular weight excluding hydrogens is 691 g/mol. The van der Waals surface area contributed by atoms with Gasteiger partial charge in [0.05, 0.1) is 48.4 Å². The lowest BCUT2D eigenvalue weighted by atomic mass is 9.86. The van der Waals surface area contributed by atoms with Gasteiger partial charge in [0.15, 0.2) is 28.8 Å². The number of allylic oxidation sites excluding steroid dienone is 1. The zero-order valence-electron chi connectivity index (χ0n) is 33.9. The Kier molecular flexibility index (Phi) is 10.9. The summed E-state index contributed by atoms with van der Waals surface area (Å²) in [6.45, 7) is 13.2. The van der Waals surface area contributed by atoms with Crippen LogP contribution in [0.1, 0.15) is 63.8 Å². The number of amidine groups is 1. The zero-order chi connectivity index (χ0) is 39.7. The van der Waals surface area contributed by atoms with Crippen molar-refractivity contribution in [2.24, 2.45) is 9.98 Å². The van der Waals surface area contributed by atoms with Crippen LogP contribution < -0.4 is 28.4 Å². The van der Waals surface area contributed by atoms with Crippen molar-refractivity contribution in [3.63, 3.8) is 0 Å². The van der Waals surface area contributed by atoms with Crippen molar-refractivity contribution in [3.05, 3.63) is 107 Å². The van der Waals surface area contributed by atoms with E-state index in [2.05, 4.69) is 107 Å². The Labute approximate surface area is 324 Å². The fraction of sp³-hybridized carbons (Fsp3) is 0.304. The number of benzene rings is 4. The summed E-state index contributed by atoms with van der Waals surface area (Å²) in [5, 5.41) is 0. The average Bonchev–Trinajstić information content (AvgIpc) is 3.81. The molecule has 1 aromatic heterocycles. The van der Waals surface area contributed by atoms with Crippen LogP contribution in [0.4, 0.5) is 5.82 Å². The second-order valence-corrected chi connectivity index (χ2v) is 15.4. The number of ether oxygens (including phenoxy) is 6. The number of H-pyrrole nitrogens is 1. The molecule has 0 atom stereocenters. The smallest absolute Gasteiger partial charge is 0.203 e. The summed E-state index contributed by atoms with van der Waals surface area (Å²) in [6, 6.07) is 26.9. The third-order valence-electron chi connectivity index (χ3n) is 9.82. The molecule has 1 aliphatic rings. The molecule has 9 heteroatoms. The van der Waals surface area contributed by atoms with Gasteiger partial charge in [0.2, 0.25) is 11.5 Å². The van der Waals surface area contributed by atoms with Crippen LogP contribution in [-0.2, 0) is 10.8 Å². The topological polar surface area (TPSA) is 95.9 Å². The molecule has 6 rings (SSSR count). The molecule has 286 valence electrons. The lowest BCUT2D eigenvalue weighted by Gasteiger charge is -2.19. The van der Waals surface area contributed by atoms with Crippen molar-refractivity contribution >= 4 is 22.9 Å². The fourth-order valence-electron chi connectivity index (χ4n) is 6.63. The number of methoxy groups -OCH3 is 6. The molecule has 9 nitrogen and oxygen atoms in total. The lowest BCUT2D eigenvalue weighted by molar-refractivity contribution is 0.324. The highest BCUT2D eigenvalue weighted by Gasteiger charge is 2.26. The molecule has 5 aromatic rings. The van der Waals surface area contributed by atoms with Crippen LogP contribution >= 0.6 is 0 Å². The normalized spacial score (nSPS) is 13.7. The molecule has 1 aliphatic heterocycles. The van der Waals surface area contributed by atoms with Crippen molar-refractivity contribution in [1.82, 2.24) is 4.98 Å². The number of nitrogens with zero attached hydrogens (tertiary/aromatic N) is 2. The maximum Gasteiger partial charge on any atom is 0.203 e. The highest BCUT2D eigenvalue weighted by molar-refractivity contribution is 6.38. The largest absolute Gasteiger partial charge is 0.493 e. The van der Waals surface area contributed by atoms with E-state index in [-0.39, 0.29) is 10.8 Å². The van der Waals surface area contributed by atoms with E-state index in [1.807, 2.05) is 24.3 Å². The van der Waals surface area contributed by atoms with Crippen LogP contribution in [0.2, 0.25) is 0 Å². The number of rotatable bonds is 11. The van der Waals surface area contributed by atoms with Gasteiger partial charge in [-0.25, -0.2) is 9.98 Å². The van der Waals surface area contributed by atoms with Crippen LogP contribution in [0.15, 0.2) is 94.9 Å². The van der Waals surface area contributed by atoms with Gasteiger partial charge in [-0.1, -0.05) is 90.1 Å². The molecule has 0 amide bonds. The van der Waals surface area contributed by atoms with Crippen molar-refractivity contribution < 1.29 is 28.4 Å². The van der Waals surface area contributed by atoms with Gasteiger partial charge in [0.1, 0.15) is 5.82 Å². The predicted molar refractivity (Wildman–Crippen MR) is 223 cm³/mol. The Balaban J connectivity index is 1.59. The van der Waals surface area contributed by atoms with Crippen LogP contribution in [0, 0.1) is 0 Å². The summed E-state index contributed by atoms with van der Waals surface area (Å²) in [4.78, 5) is 14.1. The summed E-state index contributed by atoms with van der Waals surface area (Å²) in [6.07, 6.45) is 2.06. The highest BCUT2D eigenvalue weighted by Crippen LogP contribution is 2.46. The molecule has 55 heavy (non-hydrogen) atoms. The first-order valence-electron chi connectivity index (χ1n) is 18.2. The summed E-state index contributed by atoms with van der Waals surface area (Å²) < 4.78 is 34.4. The van der Waals surface area contributed by atoms with Crippen molar-refractivity contribution in [3.8, 4) is 56.9 Å². The number of aliphatic imine (C=N–C) groups is 2. The first-order chi connectivity index (χ1) is 26.2. The summed E-state index contributed by atoms with van der Waals surface area (Å²) in [5.41, 5.74) is 9.41. The molecule has 2 heterocycles. The van der Waals surface area contributed by atoms with E-state index in [0.29, 0.717) is 46.2 Å². The Morgan fingerprint density at radius 3 is 1.36 bits per heavy atom. The van der Waals surface area contributed by atoms with Gasteiger partial charge >= 0.3 is 0 Å². The molecule has 0 saturated carbocycles. The van der Waals surface area contributed by atoms with Gasteiger partial charge in [-0.15, -0.1) is 0 Å². The third kappa shape index (κ3) is 7.83. The Morgan fingerprint density at radius 1 is 0.509 bits per heavy atom. The first-order valence-corrected chi connectivity index (χ1v) is 18.2. The van der Waals surface area contributed by atoms with Crippen molar-refractivity contribution in [2.75, 3.05) is 42.7 Å². The Hall–Kier alpha value is -5.96. The van der Waals surface area contributed by atoms with E-state index >= 15 is 0 Å². The molecule has 0 unspecified atom stereocenters. The highest BCUT2D eigenvalue weighted by atomic mass is 16.5. The van der Waals surface area contributed by atoms with E-state index in [1.54, 1.807) is 42.7 Å². The molecular formula is C46H51N3O6. The predicted octanol–water partition coefficient (Wildman–Crippen LogP) is 10.6. The van der Waals surface area contributed by atoms with Gasteiger partial charge in [-0.2, -0.15) is 0 Å². The second kappa shape index (κ2) is 15.4. The van der Waals surface area contributed by atoms with Gasteiger partial charge in [-0.3, -0.25) is 0 Å². The summed E-state index contributed by atoms with van der Waals surface area (Å²) in [7, 11) is 9.62. The van der Waals surface area contributed by atoms with Crippen LogP contribution in [0.25, 0.3) is 28.0 Å². The van der Waals surface area contributed by atoms with E-state index in [0.717, 1.165) is 44.8 Å². The molecule has 4 aromatic carbocycles. The maximum atomic E-state index is 5.76. The van der Waals surface area contributed by atoms with E-state index in [1.165, 1.54) is 11.1 Å². The fourth-order valence-corrected chi connectivity index (χ4v) is 6.63. The number of hydrogen-bond donors (Lipinski definition) is 1. The van der Waals surface area contributed by atoms with Gasteiger partial charge < -0.3 is 33.4 Å². The monoisotopic (exact) mass is 741 g/mol. The van der Waals surface area contributed by atoms with E-state index in [9.17, 15) is 0 Å². The molecule has 0 radical (unpaired) electrons. The van der Waals surface area contributed by atoms with Gasteiger partial charge in [-0.05, 0) is 75.1 Å². The molecule has 0 fully saturated rings. The average molecular weight is 742 g/mol. The Morgan fingerprint density at radius 2 is 0.945 bits per heavy atom. The number of aromatic nitrogens is 1. The van der Waals surface area contributed by atoms with Crippen molar-refractivity contribution in [1.29, 1.82) is 0 Å². The standard InChI is InChI=1S/C46H51N3O6/c1-45(2,3)31-17-13-27(14-18-31)35-25-33(29-21-37(50-7)41(54-11)38(22-29)51-8)43(47-35)49-44-34(30-23-39(52-9)42(55-12)40(24-30)53-10)26-36(48-44)28-15-19-32(20-16-28)46(4,5)6/h13-26,47H,1-12H3. The molecule has 0 bridgehead atoms. The SMILES string of the molecule is COc1cc(C2=CC(c3ccc(C(C)(C)C)cc3)=NC2=Nc2[nH]c(-c3ccc(C(C)(C)C)cc3)cc2-c2cc(OC)c(OC)c(OC)c2)cc(OC)c1OC. The molecule has 0 aliphatic carbocycles. The van der Waals surface area contributed by atoms with Crippen LogP contribution in [0.5, 0.6) is 34.5 Å². The Bertz CT molecular complexity index is 2230. The number of aromatic amines is 1. The first kappa shape index (κ1) is 38.8. The van der Waals surface area contributed by atoms with Crippen molar-refractivity contribution in [2.45, 2.75) is 52.4 Å². The summed E-state index contributed by atoms with van der Waals surface area (Å²) >= 11 is 0. The zero-order valence-corrected chi connectivity index (χ0v) is 33.9. The molecule has 0 spiro atoms. The minimum absolute atomic E-state index is 0.0153. The summed E-state index contributed by atoms with van der Waals surface area (Å²) in [5.74, 6) is 4.24. The second-order valence-electron chi connectivity index (χ2n) is 15.4. The number of hydrogen-bond acceptors (Lipinski definition) is 7. The quantitative estimate of drug-likeness (QED) is 0.145. The third-order valence-corrected chi connectivity index (χ3v) is 9.82.